The number of para-hydroxylation sites is 2. The van der Waals surface area contributed by atoms with Crippen molar-refractivity contribution < 1.29 is 14.3 Å². The first-order valence-electron chi connectivity index (χ1n) is 6.63. The first kappa shape index (κ1) is 12.3. The third-order valence-electron chi connectivity index (χ3n) is 3.65. The zero-order valence-corrected chi connectivity index (χ0v) is 10.9. The van der Waals surface area contributed by atoms with Gasteiger partial charge in [-0.15, -0.1) is 0 Å². The Labute approximate surface area is 112 Å². The van der Waals surface area contributed by atoms with E-state index in [4.69, 9.17) is 9.47 Å². The highest BCUT2D eigenvalue weighted by atomic mass is 16.6. The highest BCUT2D eigenvalue weighted by Crippen LogP contribution is 2.30. The van der Waals surface area contributed by atoms with Crippen LogP contribution < -0.4 is 20.1 Å². The molecule has 3 rings (SSSR count). The molecule has 2 aliphatic heterocycles. The van der Waals surface area contributed by atoms with Crippen LogP contribution in [0.25, 0.3) is 0 Å². The first-order valence-corrected chi connectivity index (χ1v) is 6.63. The van der Waals surface area contributed by atoms with Crippen molar-refractivity contribution in [1.29, 1.82) is 0 Å². The van der Waals surface area contributed by atoms with Gasteiger partial charge in [0, 0.05) is 12.6 Å². The molecule has 1 amide bonds. The van der Waals surface area contributed by atoms with Crippen LogP contribution >= 0.6 is 0 Å². The number of carbonyl (C=O) groups is 1. The Hall–Kier alpha value is -1.75. The average molecular weight is 262 g/mol. The molecule has 0 bridgehead atoms. The number of benzene rings is 1. The third-order valence-corrected chi connectivity index (χ3v) is 3.65. The molecule has 2 heterocycles. The summed E-state index contributed by atoms with van der Waals surface area (Å²) in [7, 11) is 0. The van der Waals surface area contributed by atoms with Gasteiger partial charge in [0.2, 0.25) is 6.10 Å². The van der Waals surface area contributed by atoms with Gasteiger partial charge in [-0.25, -0.2) is 0 Å². The van der Waals surface area contributed by atoms with E-state index in [2.05, 4.69) is 17.6 Å². The van der Waals surface area contributed by atoms with Gasteiger partial charge in [0.1, 0.15) is 6.61 Å². The topological polar surface area (TPSA) is 59.6 Å². The Balaban J connectivity index is 1.63. The number of carbonyl (C=O) groups excluding carboxylic acids is 1. The van der Waals surface area contributed by atoms with Crippen molar-refractivity contribution in [2.75, 3.05) is 19.7 Å². The van der Waals surface area contributed by atoms with E-state index in [1.54, 1.807) is 0 Å². The van der Waals surface area contributed by atoms with E-state index in [-0.39, 0.29) is 18.6 Å². The summed E-state index contributed by atoms with van der Waals surface area (Å²) in [4.78, 5) is 12.2. The number of fused-ring (bicyclic) bond motifs is 1. The summed E-state index contributed by atoms with van der Waals surface area (Å²) < 4.78 is 11.2. The molecule has 3 unspecified atom stereocenters. The lowest BCUT2D eigenvalue weighted by Crippen LogP contribution is -2.49. The van der Waals surface area contributed by atoms with Gasteiger partial charge in [0.05, 0.1) is 0 Å². The molecule has 2 N–H and O–H groups in total. The van der Waals surface area contributed by atoms with E-state index in [0.717, 1.165) is 13.1 Å². The van der Waals surface area contributed by atoms with Crippen LogP contribution in [-0.2, 0) is 4.79 Å². The van der Waals surface area contributed by atoms with Gasteiger partial charge in [0.25, 0.3) is 5.91 Å². The summed E-state index contributed by atoms with van der Waals surface area (Å²) in [5.41, 5.74) is 0. The predicted octanol–water partition coefficient (Wildman–Crippen LogP) is 0.551. The summed E-state index contributed by atoms with van der Waals surface area (Å²) in [6.45, 7) is 4.14. The van der Waals surface area contributed by atoms with Crippen molar-refractivity contribution in [2.45, 2.75) is 19.1 Å². The maximum Gasteiger partial charge on any atom is 0.264 e. The standard InChI is InChI=1S/C14H18N2O3/c1-9-6-15-7-10(9)16-14(17)13-8-18-11-4-2-3-5-12(11)19-13/h2-5,9-10,13,15H,6-8H2,1H3,(H,16,17). The molecule has 1 saturated heterocycles. The minimum Gasteiger partial charge on any atom is -0.485 e. The Bertz CT molecular complexity index is 478. The smallest absolute Gasteiger partial charge is 0.264 e. The number of ether oxygens (including phenoxy) is 2. The van der Waals surface area contributed by atoms with Crippen LogP contribution in [-0.4, -0.2) is 37.7 Å². The van der Waals surface area contributed by atoms with Crippen LogP contribution in [0.4, 0.5) is 0 Å². The molecule has 3 atom stereocenters. The molecule has 1 aromatic carbocycles. The third kappa shape index (κ3) is 2.51. The van der Waals surface area contributed by atoms with Crippen LogP contribution in [0.15, 0.2) is 24.3 Å². The van der Waals surface area contributed by atoms with E-state index < -0.39 is 6.10 Å². The Morgan fingerprint density at radius 3 is 2.84 bits per heavy atom. The maximum absolute atomic E-state index is 12.2. The molecule has 0 aliphatic carbocycles. The molecule has 0 spiro atoms. The maximum atomic E-state index is 12.2. The predicted molar refractivity (Wildman–Crippen MR) is 70.3 cm³/mol. The number of rotatable bonds is 2. The van der Waals surface area contributed by atoms with Crippen molar-refractivity contribution in [3.05, 3.63) is 24.3 Å². The van der Waals surface area contributed by atoms with Crippen LogP contribution in [0.1, 0.15) is 6.92 Å². The second-order valence-electron chi connectivity index (χ2n) is 5.11. The molecule has 5 heteroatoms. The van der Waals surface area contributed by atoms with E-state index in [0.29, 0.717) is 17.4 Å². The number of hydrogen-bond donors (Lipinski definition) is 2. The summed E-state index contributed by atoms with van der Waals surface area (Å²) in [5, 5.41) is 6.28. The largest absolute Gasteiger partial charge is 0.485 e. The Morgan fingerprint density at radius 2 is 2.11 bits per heavy atom. The molecule has 1 fully saturated rings. The fourth-order valence-corrected chi connectivity index (χ4v) is 2.43. The zero-order valence-electron chi connectivity index (χ0n) is 10.9. The van der Waals surface area contributed by atoms with Gasteiger partial charge in [-0.3, -0.25) is 4.79 Å². The first-order chi connectivity index (χ1) is 9.24. The number of hydrogen-bond acceptors (Lipinski definition) is 4. The summed E-state index contributed by atoms with van der Waals surface area (Å²) in [6.07, 6.45) is -0.567. The molecule has 2 aliphatic rings. The van der Waals surface area contributed by atoms with E-state index >= 15 is 0 Å². The van der Waals surface area contributed by atoms with Gasteiger partial charge >= 0.3 is 0 Å². The fraction of sp³-hybridized carbons (Fsp3) is 0.500. The second kappa shape index (κ2) is 5.09. The lowest BCUT2D eigenvalue weighted by Gasteiger charge is -2.27. The van der Waals surface area contributed by atoms with E-state index in [1.165, 1.54) is 0 Å². The van der Waals surface area contributed by atoms with Gasteiger partial charge in [-0.1, -0.05) is 19.1 Å². The van der Waals surface area contributed by atoms with Crippen LogP contribution in [0, 0.1) is 5.92 Å². The second-order valence-corrected chi connectivity index (χ2v) is 5.11. The summed E-state index contributed by atoms with van der Waals surface area (Å²) >= 11 is 0. The minimum atomic E-state index is -0.567. The van der Waals surface area contributed by atoms with Crippen LogP contribution in [0.2, 0.25) is 0 Å². The molecule has 102 valence electrons. The van der Waals surface area contributed by atoms with Crippen molar-refractivity contribution in [3.63, 3.8) is 0 Å². The van der Waals surface area contributed by atoms with Gasteiger partial charge in [-0.05, 0) is 24.6 Å². The molecule has 0 aromatic heterocycles. The molecular formula is C14H18N2O3. The van der Waals surface area contributed by atoms with Crippen molar-refractivity contribution in [2.24, 2.45) is 5.92 Å². The van der Waals surface area contributed by atoms with Crippen LogP contribution in [0.3, 0.4) is 0 Å². The monoisotopic (exact) mass is 262 g/mol. The quantitative estimate of drug-likeness (QED) is 0.817. The molecule has 0 saturated carbocycles. The van der Waals surface area contributed by atoms with Gasteiger partial charge < -0.3 is 20.1 Å². The number of nitrogens with one attached hydrogen (secondary N) is 2. The molecule has 0 radical (unpaired) electrons. The van der Waals surface area contributed by atoms with E-state index in [1.807, 2.05) is 24.3 Å². The molecule has 5 nitrogen and oxygen atoms in total. The lowest BCUT2D eigenvalue weighted by molar-refractivity contribution is -0.131. The fourth-order valence-electron chi connectivity index (χ4n) is 2.43. The lowest BCUT2D eigenvalue weighted by atomic mass is 10.1. The van der Waals surface area contributed by atoms with Crippen molar-refractivity contribution in [3.8, 4) is 11.5 Å². The average Bonchev–Trinajstić information content (AvgIpc) is 2.84. The number of amides is 1. The minimum absolute atomic E-state index is 0.102. The highest BCUT2D eigenvalue weighted by Gasteiger charge is 2.31. The van der Waals surface area contributed by atoms with Crippen molar-refractivity contribution >= 4 is 5.91 Å². The summed E-state index contributed by atoms with van der Waals surface area (Å²) in [5.74, 6) is 1.67. The SMILES string of the molecule is CC1CNCC1NC(=O)C1COc2ccccc2O1. The Morgan fingerprint density at radius 1 is 1.32 bits per heavy atom. The molecule has 1 aromatic rings. The van der Waals surface area contributed by atoms with Crippen molar-refractivity contribution in [1.82, 2.24) is 10.6 Å². The van der Waals surface area contributed by atoms with Gasteiger partial charge in [0.15, 0.2) is 11.5 Å². The molecule has 19 heavy (non-hydrogen) atoms. The Kier molecular flexibility index (Phi) is 3.29. The van der Waals surface area contributed by atoms with E-state index in [9.17, 15) is 4.79 Å². The summed E-state index contributed by atoms with van der Waals surface area (Å²) in [6, 6.07) is 7.58. The van der Waals surface area contributed by atoms with Gasteiger partial charge in [-0.2, -0.15) is 0 Å². The molecular weight excluding hydrogens is 244 g/mol. The normalized spacial score (nSPS) is 29.0. The highest BCUT2D eigenvalue weighted by molar-refractivity contribution is 5.82. The van der Waals surface area contributed by atoms with Crippen LogP contribution in [0.5, 0.6) is 11.5 Å². The zero-order chi connectivity index (χ0) is 13.2.